The number of nitrogens with zero attached hydrogens (tertiary/aromatic N) is 6. The van der Waals surface area contributed by atoms with Gasteiger partial charge in [-0.25, -0.2) is 27.5 Å². The lowest BCUT2D eigenvalue weighted by Gasteiger charge is -2.31. The van der Waals surface area contributed by atoms with Gasteiger partial charge in [-0.05, 0) is 60.7 Å². The monoisotopic (exact) mass is 527 g/mol. The molecule has 7 nitrogen and oxygen atoms in total. The zero-order valence-electron chi connectivity index (χ0n) is 19.9. The number of hydrogen-bond donors (Lipinski definition) is 1. The van der Waals surface area contributed by atoms with Gasteiger partial charge >= 0.3 is 0 Å². The Bertz CT molecular complexity index is 1710. The summed E-state index contributed by atoms with van der Waals surface area (Å²) in [5.41, 5.74) is 4.13. The molecule has 4 heterocycles. The molecule has 3 aromatic heterocycles. The predicted molar refractivity (Wildman–Crippen MR) is 138 cm³/mol. The average molecular weight is 527 g/mol. The topological polar surface area (TPSA) is 69.5 Å². The van der Waals surface area contributed by atoms with Gasteiger partial charge < -0.3 is 0 Å². The number of hydrazone groups is 1. The highest BCUT2D eigenvalue weighted by Crippen LogP contribution is 2.37. The van der Waals surface area contributed by atoms with Crippen molar-refractivity contribution in [1.29, 1.82) is 0 Å². The Morgan fingerprint density at radius 3 is 1.74 bits per heavy atom. The number of aromatic nitrogens is 3. The van der Waals surface area contributed by atoms with Crippen molar-refractivity contribution in [2.75, 3.05) is 10.1 Å². The summed E-state index contributed by atoms with van der Waals surface area (Å²) in [6.07, 6.45) is 4.58. The summed E-state index contributed by atoms with van der Waals surface area (Å²) < 4.78 is 57.2. The average Bonchev–Trinajstić information content (AvgIpc) is 3.39. The van der Waals surface area contributed by atoms with E-state index in [4.69, 9.17) is 0 Å². The number of benzene rings is 2. The predicted octanol–water partition coefficient (Wildman–Crippen LogP) is 5.87. The lowest BCUT2D eigenvalue weighted by Crippen LogP contribution is -2.48. The third kappa shape index (κ3) is 4.39. The maximum Gasteiger partial charge on any atom is 0.202 e. The van der Waals surface area contributed by atoms with Crippen LogP contribution in [0.15, 0.2) is 103 Å². The molecule has 11 heteroatoms. The number of pyridine rings is 3. The smallest absolute Gasteiger partial charge is 0.202 e. The number of amidine groups is 1. The molecule has 0 saturated carbocycles. The fourth-order valence-corrected chi connectivity index (χ4v) is 4.25. The standard InChI is InChI=1S/C28H17F4N7/c29-17-8-10-19(23(31)15-17)21-5-3-13-34-26(21)38-28(25-7-1-2-12-33-25)36-37-39(38)27-22(6-4-14-35-27)20-11-9-18(30)16-24(20)32/h1-16,37H. The van der Waals surface area contributed by atoms with Crippen LogP contribution < -0.4 is 15.7 Å². The number of hydrazine groups is 2. The van der Waals surface area contributed by atoms with Gasteiger partial charge in [0.15, 0.2) is 11.6 Å². The van der Waals surface area contributed by atoms with Gasteiger partial charge in [-0.15, -0.1) is 5.10 Å². The van der Waals surface area contributed by atoms with Gasteiger partial charge in [0.1, 0.15) is 29.0 Å². The number of hydrogen-bond acceptors (Lipinski definition) is 7. The van der Waals surface area contributed by atoms with E-state index in [1.165, 1.54) is 34.7 Å². The van der Waals surface area contributed by atoms with Crippen LogP contribution in [0.2, 0.25) is 0 Å². The molecule has 1 aliphatic rings. The summed E-state index contributed by atoms with van der Waals surface area (Å²) in [6.45, 7) is 0. The summed E-state index contributed by atoms with van der Waals surface area (Å²) in [7, 11) is 0. The zero-order chi connectivity index (χ0) is 26.9. The van der Waals surface area contributed by atoms with Crippen molar-refractivity contribution in [1.82, 2.24) is 20.5 Å². The summed E-state index contributed by atoms with van der Waals surface area (Å²) in [6, 6.07) is 18.2. The second-order valence-electron chi connectivity index (χ2n) is 8.37. The first kappa shape index (κ1) is 24.0. The molecule has 1 N–H and O–H groups in total. The van der Waals surface area contributed by atoms with E-state index in [1.54, 1.807) is 48.7 Å². The minimum absolute atomic E-state index is 0.0949. The molecular formula is C28H17F4N7. The zero-order valence-corrected chi connectivity index (χ0v) is 19.9. The summed E-state index contributed by atoms with van der Waals surface area (Å²) >= 11 is 0. The van der Waals surface area contributed by atoms with Crippen LogP contribution in [0, 0.1) is 23.3 Å². The molecule has 0 radical (unpaired) electrons. The summed E-state index contributed by atoms with van der Waals surface area (Å²) in [4.78, 5) is 13.3. The van der Waals surface area contributed by atoms with Crippen LogP contribution in [0.3, 0.4) is 0 Å². The van der Waals surface area contributed by atoms with Gasteiger partial charge in [0.05, 0.1) is 0 Å². The van der Waals surface area contributed by atoms with Gasteiger partial charge in [-0.1, -0.05) is 6.07 Å². The molecule has 0 spiro atoms. The van der Waals surface area contributed by atoms with Crippen LogP contribution in [0.1, 0.15) is 5.69 Å². The lowest BCUT2D eigenvalue weighted by molar-refractivity contribution is 0.584. The van der Waals surface area contributed by atoms with Gasteiger partial charge in [0.2, 0.25) is 5.84 Å². The van der Waals surface area contributed by atoms with Crippen LogP contribution in [0.25, 0.3) is 22.3 Å². The molecule has 0 saturated heterocycles. The first-order chi connectivity index (χ1) is 19.0. The Morgan fingerprint density at radius 1 is 0.564 bits per heavy atom. The lowest BCUT2D eigenvalue weighted by atomic mass is 10.0. The molecule has 6 rings (SSSR count). The van der Waals surface area contributed by atoms with Gasteiger partial charge in [0.25, 0.3) is 0 Å². The van der Waals surface area contributed by atoms with E-state index < -0.39 is 23.3 Å². The number of rotatable bonds is 5. The van der Waals surface area contributed by atoms with E-state index in [9.17, 15) is 17.6 Å². The number of nitrogens with one attached hydrogen (secondary N) is 1. The van der Waals surface area contributed by atoms with E-state index in [0.717, 1.165) is 24.3 Å². The third-order valence-corrected chi connectivity index (χ3v) is 5.96. The Kier molecular flexibility index (Phi) is 6.08. The maximum absolute atomic E-state index is 15.0. The quantitative estimate of drug-likeness (QED) is 0.289. The fraction of sp³-hybridized carbons (Fsp3) is 0. The summed E-state index contributed by atoms with van der Waals surface area (Å²) in [5.74, 6) is -2.35. The Hall–Kier alpha value is -5.32. The third-order valence-electron chi connectivity index (χ3n) is 5.96. The van der Waals surface area contributed by atoms with Crippen LogP contribution in [-0.2, 0) is 0 Å². The minimum Gasteiger partial charge on any atom is -0.253 e. The van der Waals surface area contributed by atoms with Gasteiger partial charge in [-0.2, -0.15) is 15.7 Å². The highest BCUT2D eigenvalue weighted by Gasteiger charge is 2.35. The van der Waals surface area contributed by atoms with Crippen molar-refractivity contribution in [2.24, 2.45) is 5.10 Å². The van der Waals surface area contributed by atoms with Crippen LogP contribution >= 0.6 is 0 Å². The molecular weight excluding hydrogens is 510 g/mol. The molecule has 0 atom stereocenters. The molecule has 192 valence electrons. The van der Waals surface area contributed by atoms with E-state index in [0.29, 0.717) is 16.8 Å². The van der Waals surface area contributed by atoms with Crippen LogP contribution in [0.4, 0.5) is 29.2 Å². The normalized spacial score (nSPS) is 12.9. The number of halogens is 4. The molecule has 0 amide bonds. The van der Waals surface area contributed by atoms with Gasteiger partial charge in [0, 0.05) is 53.0 Å². The first-order valence-corrected chi connectivity index (χ1v) is 11.7. The molecule has 2 aromatic carbocycles. The van der Waals surface area contributed by atoms with E-state index in [2.05, 4.69) is 25.6 Å². The molecule has 1 aliphatic heterocycles. The van der Waals surface area contributed by atoms with Crippen molar-refractivity contribution in [3.8, 4) is 22.3 Å². The molecule has 39 heavy (non-hydrogen) atoms. The minimum atomic E-state index is -0.786. The molecule has 5 aromatic rings. The molecule has 0 bridgehead atoms. The van der Waals surface area contributed by atoms with Crippen LogP contribution in [0.5, 0.6) is 0 Å². The van der Waals surface area contributed by atoms with Crippen molar-refractivity contribution < 1.29 is 17.6 Å². The van der Waals surface area contributed by atoms with E-state index >= 15 is 0 Å². The number of anilines is 2. The summed E-state index contributed by atoms with van der Waals surface area (Å²) in [5, 5.41) is 7.34. The largest absolute Gasteiger partial charge is 0.253 e. The Labute approximate surface area is 219 Å². The van der Waals surface area contributed by atoms with Gasteiger partial charge in [-0.3, -0.25) is 4.98 Å². The highest BCUT2D eigenvalue weighted by molar-refractivity contribution is 6.12. The Morgan fingerprint density at radius 2 is 1.15 bits per heavy atom. The van der Waals surface area contributed by atoms with Crippen molar-refractivity contribution in [3.05, 3.63) is 126 Å². The van der Waals surface area contributed by atoms with Crippen molar-refractivity contribution in [2.45, 2.75) is 0 Å². The van der Waals surface area contributed by atoms with E-state index in [-0.39, 0.29) is 28.6 Å². The highest BCUT2D eigenvalue weighted by atomic mass is 19.1. The Balaban J connectivity index is 1.55. The van der Waals surface area contributed by atoms with Crippen LogP contribution in [-0.4, -0.2) is 20.8 Å². The second kappa shape index (κ2) is 9.86. The van der Waals surface area contributed by atoms with Crippen molar-refractivity contribution >= 4 is 17.5 Å². The fourth-order valence-electron chi connectivity index (χ4n) is 4.25. The SMILES string of the molecule is Fc1ccc(-c2cccnc2N2NN=C(c3ccccn3)N2c2ncccc2-c2ccc(F)cc2F)c(F)c1. The van der Waals surface area contributed by atoms with E-state index in [1.807, 2.05) is 0 Å². The maximum atomic E-state index is 15.0. The molecule has 0 fully saturated rings. The second-order valence-corrected chi connectivity index (χ2v) is 8.37. The molecule has 0 unspecified atom stereocenters. The molecule has 0 aliphatic carbocycles. The van der Waals surface area contributed by atoms with Crippen molar-refractivity contribution in [3.63, 3.8) is 0 Å². The first-order valence-electron chi connectivity index (χ1n) is 11.7.